The quantitative estimate of drug-likeness (QED) is 0.150. The number of thiophene rings is 1. The minimum absolute atomic E-state index is 0.0698. The van der Waals surface area contributed by atoms with Crippen molar-refractivity contribution in [1.82, 2.24) is 24.5 Å². The van der Waals surface area contributed by atoms with E-state index in [0.29, 0.717) is 80.3 Å². The first-order chi connectivity index (χ1) is 24.4. The summed E-state index contributed by atoms with van der Waals surface area (Å²) >= 11 is 14.3. The van der Waals surface area contributed by atoms with Crippen LogP contribution >= 0.6 is 34.5 Å². The number of aromatic nitrogens is 2. The topological polar surface area (TPSA) is 82.8 Å². The normalized spacial score (nSPS) is 19.4. The number of nitrogens with one attached hydrogen (secondary N) is 1. The van der Waals surface area contributed by atoms with Crippen molar-refractivity contribution in [2.75, 3.05) is 26.2 Å². The Labute approximate surface area is 311 Å². The van der Waals surface area contributed by atoms with Crippen LogP contribution in [0.25, 0.3) is 16.3 Å². The van der Waals surface area contributed by atoms with Gasteiger partial charge in [0, 0.05) is 35.8 Å². The summed E-state index contributed by atoms with van der Waals surface area (Å²) in [6.45, 7) is 6.93. The van der Waals surface area contributed by atoms with Gasteiger partial charge in [0.1, 0.15) is 0 Å². The van der Waals surface area contributed by atoms with E-state index in [1.165, 1.54) is 23.5 Å². The summed E-state index contributed by atoms with van der Waals surface area (Å²) in [5.41, 5.74) is 4.27. The van der Waals surface area contributed by atoms with Gasteiger partial charge in [-0.2, -0.15) is 18.3 Å². The molecule has 0 saturated carbocycles. The Bertz CT molecular complexity index is 2030. The summed E-state index contributed by atoms with van der Waals surface area (Å²) in [6.07, 6.45) is -0.378. The van der Waals surface area contributed by atoms with Gasteiger partial charge in [-0.25, -0.2) is 9.69 Å². The molecule has 15 heteroatoms. The monoisotopic (exact) mass is 775 g/mol. The number of hydrogen-bond acceptors (Lipinski definition) is 7. The molecule has 8 nitrogen and oxygen atoms in total. The summed E-state index contributed by atoms with van der Waals surface area (Å²) < 4.78 is 60.8. The van der Waals surface area contributed by atoms with Crippen molar-refractivity contribution in [1.29, 1.82) is 0 Å². The van der Waals surface area contributed by atoms with E-state index < -0.39 is 28.4 Å². The molecule has 1 N–H and O–H groups in total. The van der Waals surface area contributed by atoms with Crippen molar-refractivity contribution in [3.8, 4) is 28.1 Å². The van der Waals surface area contributed by atoms with Crippen molar-refractivity contribution in [3.05, 3.63) is 91.9 Å². The fraction of sp³-hybridized carbons (Fsp3) is 0.389. The zero-order valence-corrected chi connectivity index (χ0v) is 31.1. The summed E-state index contributed by atoms with van der Waals surface area (Å²) in [7, 11) is -1.66. The lowest BCUT2D eigenvalue weighted by Gasteiger charge is -2.38. The number of piperidine rings is 2. The highest BCUT2D eigenvalue weighted by atomic mass is 35.5. The van der Waals surface area contributed by atoms with Gasteiger partial charge in [0.25, 0.3) is 5.91 Å². The van der Waals surface area contributed by atoms with Gasteiger partial charge in [-0.15, -0.1) is 22.1 Å². The van der Waals surface area contributed by atoms with Gasteiger partial charge in [-0.1, -0.05) is 55.3 Å². The van der Waals surface area contributed by atoms with Crippen molar-refractivity contribution in [2.24, 2.45) is 16.2 Å². The van der Waals surface area contributed by atoms with Crippen LogP contribution in [0.15, 0.2) is 59.0 Å². The van der Waals surface area contributed by atoms with Crippen LogP contribution in [-0.4, -0.2) is 51.2 Å². The third-order valence-electron chi connectivity index (χ3n) is 8.72. The number of amides is 1. The number of alkyl halides is 3. The van der Waals surface area contributed by atoms with E-state index in [2.05, 4.69) is 35.5 Å². The second-order valence-corrected chi connectivity index (χ2v) is 16.1. The predicted molar refractivity (Wildman–Crippen MR) is 196 cm³/mol. The Morgan fingerprint density at radius 2 is 1.73 bits per heavy atom. The highest BCUT2D eigenvalue weighted by Gasteiger charge is 2.30. The Morgan fingerprint density at radius 3 is 2.39 bits per heavy atom. The maximum Gasteiger partial charge on any atom is 0.416 e. The summed E-state index contributed by atoms with van der Waals surface area (Å²) in [5, 5.41) is 7.43. The maximum atomic E-state index is 14.0. The molecule has 0 bridgehead atoms. The molecule has 2 unspecified atom stereocenters. The van der Waals surface area contributed by atoms with E-state index in [4.69, 9.17) is 28.3 Å². The number of carbonyl (C=O) groups is 1. The number of rotatable bonds is 7. The molecule has 2 aliphatic heterocycles. The fourth-order valence-corrected chi connectivity index (χ4v) is 8.98. The molecule has 270 valence electrons. The second-order valence-electron chi connectivity index (χ2n) is 13.0. The van der Waals surface area contributed by atoms with Crippen LogP contribution < -0.4 is 5.43 Å². The molecule has 0 aliphatic carbocycles. The minimum atomic E-state index is -4.44. The molecule has 2 fully saturated rings. The van der Waals surface area contributed by atoms with Crippen LogP contribution in [0.5, 0.6) is 0 Å². The first kappa shape index (κ1) is 37.4. The van der Waals surface area contributed by atoms with E-state index >= 15 is 0 Å². The summed E-state index contributed by atoms with van der Waals surface area (Å²) in [5.74, 6) is 6.30. The maximum absolute atomic E-state index is 14.0. The molecular formula is C36H36Cl2F3N6O2S2-. The highest BCUT2D eigenvalue weighted by molar-refractivity contribution is 7.72. The molecule has 6 rings (SSSR count). The van der Waals surface area contributed by atoms with Gasteiger partial charge in [-0.05, 0) is 98.8 Å². The van der Waals surface area contributed by atoms with Crippen LogP contribution in [0.3, 0.4) is 0 Å². The minimum Gasteiger partial charge on any atom is -0.430 e. The molecule has 2 aliphatic rings. The van der Waals surface area contributed by atoms with Crippen molar-refractivity contribution in [2.45, 2.75) is 52.3 Å². The molecule has 0 radical (unpaired) electrons. The van der Waals surface area contributed by atoms with Gasteiger partial charge >= 0.3 is 6.18 Å². The van der Waals surface area contributed by atoms with E-state index in [9.17, 15) is 22.2 Å². The van der Waals surface area contributed by atoms with E-state index in [0.717, 1.165) is 37.8 Å². The van der Waals surface area contributed by atoms with E-state index in [1.54, 1.807) is 28.9 Å². The van der Waals surface area contributed by atoms with Gasteiger partial charge in [0.05, 0.1) is 31.7 Å². The molecule has 2 aromatic heterocycles. The van der Waals surface area contributed by atoms with E-state index in [1.807, 2.05) is 15.4 Å². The summed E-state index contributed by atoms with van der Waals surface area (Å²) in [4.78, 5) is 15.3. The Morgan fingerprint density at radius 1 is 1.02 bits per heavy atom. The SMILES string of the molecule is CC1CC(C)CN([S-](=O)=NCc2c(C(=O)NN3CCCCC3)nn(-c3ccc(Cl)cc3Cl)c2-c2ccc(C#Cc3ccc(C(F)(F)F)cc3)s2)C1. The Kier molecular flexibility index (Phi) is 11.8. The van der Waals surface area contributed by atoms with Gasteiger partial charge in [-0.3, -0.25) is 10.2 Å². The molecule has 1 amide bonds. The highest BCUT2D eigenvalue weighted by Crippen LogP contribution is 2.37. The first-order valence-electron chi connectivity index (χ1n) is 16.6. The molecule has 2 atom stereocenters. The molecule has 51 heavy (non-hydrogen) atoms. The van der Waals surface area contributed by atoms with Crippen LogP contribution in [0.4, 0.5) is 13.2 Å². The predicted octanol–water partition coefficient (Wildman–Crippen LogP) is 9.00. The number of hydrogen-bond donors (Lipinski definition) is 1. The van der Waals surface area contributed by atoms with Crippen molar-refractivity contribution in [3.63, 3.8) is 0 Å². The second kappa shape index (κ2) is 16.1. The molecule has 2 saturated heterocycles. The molecular weight excluding hydrogens is 740 g/mol. The smallest absolute Gasteiger partial charge is 0.416 e. The first-order valence-corrected chi connectivity index (χ1v) is 19.3. The van der Waals surface area contributed by atoms with Gasteiger partial charge < -0.3 is 12.9 Å². The number of carbonyl (C=O) groups excluding carboxylic acids is 1. The molecule has 4 aromatic rings. The average molecular weight is 777 g/mol. The third kappa shape index (κ3) is 9.17. The van der Waals surface area contributed by atoms with Gasteiger partial charge in [0.15, 0.2) is 5.69 Å². The lowest BCUT2D eigenvalue weighted by Crippen LogP contribution is -2.45. The van der Waals surface area contributed by atoms with Crippen LogP contribution in [-0.2, 0) is 27.7 Å². The van der Waals surface area contributed by atoms with Crippen LogP contribution in [0.1, 0.15) is 71.6 Å². The molecule has 0 spiro atoms. The standard InChI is InChI=1S/C36H36Cl2F3N6O2S2/c1-23-18-24(2)22-46(21-23)51(49)42-20-29-33(35(48)44-45-16-4-3-5-17-45)43-47(31-14-11-27(37)19-30(31)38)34(29)32-15-13-28(50-32)12-8-25-6-9-26(10-7-25)36(39,40)41/h6-7,9-11,13-15,19,23-24H,3-5,16-18,20-22H2,1-2H3,(H,44,48)/q-1. The summed E-state index contributed by atoms with van der Waals surface area (Å²) in [6, 6.07) is 13.3. The largest absolute Gasteiger partial charge is 0.430 e. The number of benzene rings is 2. The lowest BCUT2D eigenvalue weighted by molar-refractivity contribution is -0.137. The van der Waals surface area contributed by atoms with Crippen molar-refractivity contribution >= 4 is 51.2 Å². The fourth-order valence-electron chi connectivity index (χ4n) is 6.41. The molecule has 4 heterocycles. The number of hydrazine groups is 1. The van der Waals surface area contributed by atoms with E-state index in [-0.39, 0.29) is 12.2 Å². The number of nitrogens with zero attached hydrogens (tertiary/aromatic N) is 5. The Balaban J connectivity index is 1.44. The molecule has 2 aromatic carbocycles. The zero-order valence-electron chi connectivity index (χ0n) is 28.0. The average Bonchev–Trinajstić information content (AvgIpc) is 3.71. The number of halogens is 5. The zero-order chi connectivity index (χ0) is 36.3. The van der Waals surface area contributed by atoms with Crippen LogP contribution in [0.2, 0.25) is 10.0 Å². The van der Waals surface area contributed by atoms with Crippen molar-refractivity contribution < 1.29 is 22.2 Å². The Hall–Kier alpha value is -3.38. The lowest BCUT2D eigenvalue weighted by atomic mass is 9.94. The van der Waals surface area contributed by atoms with Gasteiger partial charge in [0.2, 0.25) is 0 Å². The third-order valence-corrected chi connectivity index (χ3v) is 11.4. The van der Waals surface area contributed by atoms with Crippen LogP contribution in [0, 0.1) is 23.7 Å².